The van der Waals surface area contributed by atoms with Crippen LogP contribution in [0.5, 0.6) is 5.75 Å². The molecule has 8 heteroatoms. The van der Waals surface area contributed by atoms with Crippen LogP contribution in [0.1, 0.15) is 26.3 Å². The van der Waals surface area contributed by atoms with E-state index in [9.17, 15) is 9.59 Å². The van der Waals surface area contributed by atoms with E-state index in [2.05, 4.69) is 20.1 Å². The van der Waals surface area contributed by atoms with Crippen LogP contribution in [-0.4, -0.2) is 55.3 Å². The molecule has 2 N–H and O–H groups in total. The number of anilines is 3. The molecule has 0 unspecified atom stereocenters. The third kappa shape index (κ3) is 5.06. The second-order valence-corrected chi connectivity index (χ2v) is 7.87. The second kappa shape index (κ2) is 9.60. The van der Waals surface area contributed by atoms with Crippen molar-refractivity contribution in [3.63, 3.8) is 0 Å². The van der Waals surface area contributed by atoms with Gasteiger partial charge >= 0.3 is 5.97 Å². The Morgan fingerprint density at radius 1 is 0.939 bits per heavy atom. The van der Waals surface area contributed by atoms with Gasteiger partial charge in [-0.05, 0) is 67.1 Å². The summed E-state index contributed by atoms with van der Waals surface area (Å²) in [6, 6.07) is 16.1. The van der Waals surface area contributed by atoms with Crippen molar-refractivity contribution in [1.82, 2.24) is 4.98 Å². The first-order chi connectivity index (χ1) is 15.9. The predicted molar refractivity (Wildman–Crippen MR) is 128 cm³/mol. The number of benzene rings is 2. The lowest BCUT2D eigenvalue weighted by atomic mass is 10.1. The second-order valence-electron chi connectivity index (χ2n) is 7.87. The Labute approximate surface area is 192 Å². The van der Waals surface area contributed by atoms with Gasteiger partial charge in [0.05, 0.1) is 18.2 Å². The quantitative estimate of drug-likeness (QED) is 0.596. The smallest absolute Gasteiger partial charge is 0.335 e. The van der Waals surface area contributed by atoms with Crippen molar-refractivity contribution in [3.8, 4) is 5.75 Å². The summed E-state index contributed by atoms with van der Waals surface area (Å²) < 4.78 is 5.20. The number of nitrogens with one attached hydrogen (secondary N) is 1. The van der Waals surface area contributed by atoms with E-state index >= 15 is 0 Å². The first kappa shape index (κ1) is 22.1. The van der Waals surface area contributed by atoms with Gasteiger partial charge in [-0.1, -0.05) is 0 Å². The number of hydrogen-bond donors (Lipinski definition) is 2. The van der Waals surface area contributed by atoms with Crippen molar-refractivity contribution in [1.29, 1.82) is 0 Å². The van der Waals surface area contributed by atoms with Crippen molar-refractivity contribution in [2.75, 3.05) is 48.4 Å². The highest BCUT2D eigenvalue weighted by atomic mass is 16.5. The standard InChI is InChI=1S/C25H26N4O4/c1-17-15-21(33-2)8-9-22(17)27-24(30)19-5-10-23(26-16-19)29-13-11-28(12-14-29)20-6-3-18(4-7-20)25(31)32/h3-10,15-16H,11-14H2,1-2H3,(H,27,30)(H,31,32). The molecule has 1 aliphatic rings. The maximum atomic E-state index is 12.6. The zero-order valence-corrected chi connectivity index (χ0v) is 18.6. The molecular weight excluding hydrogens is 420 g/mol. The number of amides is 1. The summed E-state index contributed by atoms with van der Waals surface area (Å²) in [5.74, 6) is 0.438. The van der Waals surface area contributed by atoms with Crippen LogP contribution in [0.25, 0.3) is 0 Å². The maximum Gasteiger partial charge on any atom is 0.335 e. The number of nitrogens with zero attached hydrogens (tertiary/aromatic N) is 3. The van der Waals surface area contributed by atoms with Crippen LogP contribution in [0.2, 0.25) is 0 Å². The molecule has 0 spiro atoms. The third-order valence-corrected chi connectivity index (χ3v) is 5.77. The lowest BCUT2D eigenvalue weighted by Gasteiger charge is -2.36. The minimum absolute atomic E-state index is 0.211. The topological polar surface area (TPSA) is 95.0 Å². The minimum Gasteiger partial charge on any atom is -0.497 e. The number of aromatic nitrogens is 1. The van der Waals surface area contributed by atoms with E-state index in [1.54, 1.807) is 31.5 Å². The normalized spacial score (nSPS) is 13.5. The van der Waals surface area contributed by atoms with E-state index in [-0.39, 0.29) is 11.5 Å². The molecule has 3 aromatic rings. The summed E-state index contributed by atoms with van der Waals surface area (Å²) in [5, 5.41) is 12.0. The summed E-state index contributed by atoms with van der Waals surface area (Å²) in [4.78, 5) is 32.6. The fourth-order valence-electron chi connectivity index (χ4n) is 3.81. The number of carboxylic acids is 1. The predicted octanol–water partition coefficient (Wildman–Crippen LogP) is 3.68. The lowest BCUT2D eigenvalue weighted by Crippen LogP contribution is -2.46. The molecule has 8 nitrogen and oxygen atoms in total. The molecule has 170 valence electrons. The molecule has 0 saturated carbocycles. The number of methoxy groups -OCH3 is 1. The molecule has 1 aliphatic heterocycles. The summed E-state index contributed by atoms with van der Waals surface area (Å²) in [5.41, 5.74) is 3.44. The minimum atomic E-state index is -0.922. The van der Waals surface area contributed by atoms with Gasteiger partial charge in [-0.3, -0.25) is 4.79 Å². The Kier molecular flexibility index (Phi) is 6.44. The number of pyridine rings is 1. The van der Waals surface area contributed by atoms with Gasteiger partial charge < -0.3 is 25.0 Å². The van der Waals surface area contributed by atoms with Crippen LogP contribution < -0.4 is 19.9 Å². The largest absolute Gasteiger partial charge is 0.497 e. The highest BCUT2D eigenvalue weighted by molar-refractivity contribution is 6.04. The summed E-state index contributed by atoms with van der Waals surface area (Å²) in [7, 11) is 1.61. The van der Waals surface area contributed by atoms with E-state index in [1.165, 1.54) is 0 Å². The van der Waals surface area contributed by atoms with Gasteiger partial charge in [0.1, 0.15) is 11.6 Å². The SMILES string of the molecule is COc1ccc(NC(=O)c2ccc(N3CCN(c4ccc(C(=O)O)cc4)CC3)nc2)c(C)c1. The van der Waals surface area contributed by atoms with E-state index in [1.807, 2.05) is 43.3 Å². The third-order valence-electron chi connectivity index (χ3n) is 5.77. The summed E-state index contributed by atoms with van der Waals surface area (Å²) in [6.07, 6.45) is 1.60. The van der Waals surface area contributed by atoms with Crippen LogP contribution in [0.3, 0.4) is 0 Å². The number of rotatable bonds is 6. The molecular formula is C25H26N4O4. The maximum absolute atomic E-state index is 12.6. The molecule has 2 heterocycles. The van der Waals surface area contributed by atoms with Crippen molar-refractivity contribution in [2.24, 2.45) is 0 Å². The monoisotopic (exact) mass is 446 g/mol. The van der Waals surface area contributed by atoms with Crippen LogP contribution in [0.4, 0.5) is 17.2 Å². The number of carbonyl (C=O) groups excluding carboxylic acids is 1. The summed E-state index contributed by atoms with van der Waals surface area (Å²) in [6.45, 7) is 5.08. The van der Waals surface area contributed by atoms with Gasteiger partial charge in [0.25, 0.3) is 5.91 Å². The number of carboxylic acid groups (broad SMARTS) is 1. The highest BCUT2D eigenvalue weighted by Gasteiger charge is 2.19. The average Bonchev–Trinajstić information content (AvgIpc) is 2.85. The Hall–Kier alpha value is -4.07. The van der Waals surface area contributed by atoms with Gasteiger partial charge in [-0.2, -0.15) is 0 Å². The van der Waals surface area contributed by atoms with E-state index in [0.29, 0.717) is 5.56 Å². The van der Waals surface area contributed by atoms with Gasteiger partial charge in [-0.25, -0.2) is 9.78 Å². The molecule has 4 rings (SSSR count). The molecule has 2 aromatic carbocycles. The highest BCUT2D eigenvalue weighted by Crippen LogP contribution is 2.23. The lowest BCUT2D eigenvalue weighted by molar-refractivity contribution is 0.0696. The van der Waals surface area contributed by atoms with Crippen LogP contribution in [-0.2, 0) is 0 Å². The van der Waals surface area contributed by atoms with Crippen molar-refractivity contribution < 1.29 is 19.4 Å². The number of carbonyl (C=O) groups is 2. The van der Waals surface area contributed by atoms with E-state index in [4.69, 9.17) is 9.84 Å². The number of piperazine rings is 1. The zero-order chi connectivity index (χ0) is 23.4. The molecule has 1 aromatic heterocycles. The number of aromatic carboxylic acids is 1. The van der Waals surface area contributed by atoms with E-state index in [0.717, 1.165) is 54.7 Å². The Bertz CT molecular complexity index is 1140. The van der Waals surface area contributed by atoms with Crippen molar-refractivity contribution >= 4 is 29.1 Å². The van der Waals surface area contributed by atoms with Gasteiger partial charge in [-0.15, -0.1) is 0 Å². The van der Waals surface area contributed by atoms with Gasteiger partial charge in [0, 0.05) is 43.8 Å². The van der Waals surface area contributed by atoms with E-state index < -0.39 is 5.97 Å². The van der Waals surface area contributed by atoms with Crippen LogP contribution >= 0.6 is 0 Å². The first-order valence-electron chi connectivity index (χ1n) is 10.7. The number of ether oxygens (including phenoxy) is 1. The number of aryl methyl sites for hydroxylation is 1. The molecule has 1 saturated heterocycles. The van der Waals surface area contributed by atoms with Gasteiger partial charge in [0.15, 0.2) is 0 Å². The van der Waals surface area contributed by atoms with Crippen molar-refractivity contribution in [3.05, 3.63) is 77.5 Å². The molecule has 1 fully saturated rings. The fraction of sp³-hybridized carbons (Fsp3) is 0.240. The first-order valence-corrected chi connectivity index (χ1v) is 10.7. The fourth-order valence-corrected chi connectivity index (χ4v) is 3.81. The van der Waals surface area contributed by atoms with Crippen molar-refractivity contribution in [2.45, 2.75) is 6.92 Å². The average molecular weight is 447 g/mol. The summed E-state index contributed by atoms with van der Waals surface area (Å²) >= 11 is 0. The van der Waals surface area contributed by atoms with Crippen LogP contribution in [0.15, 0.2) is 60.8 Å². The Morgan fingerprint density at radius 3 is 2.18 bits per heavy atom. The van der Waals surface area contributed by atoms with Gasteiger partial charge in [0.2, 0.25) is 0 Å². The number of hydrogen-bond acceptors (Lipinski definition) is 6. The van der Waals surface area contributed by atoms with Crippen LogP contribution in [0, 0.1) is 6.92 Å². The zero-order valence-electron chi connectivity index (χ0n) is 18.6. The Morgan fingerprint density at radius 2 is 1.61 bits per heavy atom. The molecule has 0 aliphatic carbocycles. The molecule has 0 radical (unpaired) electrons. The molecule has 0 atom stereocenters. The molecule has 1 amide bonds. The molecule has 33 heavy (non-hydrogen) atoms. The Balaban J connectivity index is 1.35. The molecule has 0 bridgehead atoms.